The second-order valence-electron chi connectivity index (χ2n) is 3.11. The van der Waals surface area contributed by atoms with Gasteiger partial charge in [-0.3, -0.25) is 10.2 Å². The molecule has 0 bridgehead atoms. The third-order valence-corrected chi connectivity index (χ3v) is 1.96. The Balaban J connectivity index is 2.68. The SMILES string of the molecule is O=C(O)CCC(=NNc1ccc(Cl)nn1)C(=O)O. The fraction of sp³-hybridized carbons (Fsp3) is 0.222. The zero-order valence-electron chi connectivity index (χ0n) is 9.00. The number of hydrogen-bond donors (Lipinski definition) is 3. The van der Waals surface area contributed by atoms with Crippen molar-refractivity contribution < 1.29 is 19.8 Å². The number of hydrazone groups is 1. The molecule has 9 heteroatoms. The molecule has 0 spiro atoms. The average Bonchev–Trinajstić information content (AvgIpc) is 2.30. The van der Waals surface area contributed by atoms with E-state index in [1.165, 1.54) is 12.1 Å². The number of carbonyl (C=O) groups is 2. The van der Waals surface area contributed by atoms with Crippen LogP contribution in [-0.2, 0) is 9.59 Å². The van der Waals surface area contributed by atoms with Crippen LogP contribution in [0.15, 0.2) is 17.2 Å². The highest BCUT2D eigenvalue weighted by Gasteiger charge is 2.11. The number of rotatable bonds is 6. The zero-order valence-corrected chi connectivity index (χ0v) is 9.76. The van der Waals surface area contributed by atoms with Gasteiger partial charge in [-0.15, -0.1) is 10.2 Å². The molecule has 1 heterocycles. The Morgan fingerprint density at radius 2 is 2.00 bits per heavy atom. The number of aliphatic carboxylic acids is 2. The van der Waals surface area contributed by atoms with Crippen LogP contribution in [0.25, 0.3) is 0 Å². The van der Waals surface area contributed by atoms with Gasteiger partial charge in [0.2, 0.25) is 0 Å². The summed E-state index contributed by atoms with van der Waals surface area (Å²) >= 11 is 5.51. The van der Waals surface area contributed by atoms with Gasteiger partial charge < -0.3 is 10.2 Å². The third-order valence-electron chi connectivity index (χ3n) is 1.76. The Morgan fingerprint density at radius 3 is 2.50 bits per heavy atom. The van der Waals surface area contributed by atoms with Gasteiger partial charge in [-0.25, -0.2) is 4.79 Å². The van der Waals surface area contributed by atoms with Crippen molar-refractivity contribution in [2.75, 3.05) is 5.43 Å². The van der Waals surface area contributed by atoms with Crippen molar-refractivity contribution in [3.05, 3.63) is 17.3 Å². The van der Waals surface area contributed by atoms with E-state index in [2.05, 4.69) is 20.7 Å². The Bertz CT molecular complexity index is 474. The summed E-state index contributed by atoms with van der Waals surface area (Å²) in [6.45, 7) is 0. The molecule has 1 aromatic heterocycles. The molecule has 0 aliphatic rings. The van der Waals surface area contributed by atoms with Crippen molar-refractivity contribution in [1.29, 1.82) is 0 Å². The lowest BCUT2D eigenvalue weighted by atomic mass is 10.2. The predicted octanol–water partition coefficient (Wildman–Crippen LogP) is 0.847. The van der Waals surface area contributed by atoms with E-state index in [1.54, 1.807) is 0 Å². The molecule has 0 saturated heterocycles. The molecular weight excluding hydrogens is 264 g/mol. The Kier molecular flexibility index (Phi) is 5.00. The summed E-state index contributed by atoms with van der Waals surface area (Å²) in [5.74, 6) is -2.20. The summed E-state index contributed by atoms with van der Waals surface area (Å²) in [6, 6.07) is 2.90. The van der Waals surface area contributed by atoms with Crippen LogP contribution in [0.2, 0.25) is 5.15 Å². The minimum absolute atomic E-state index is 0.189. The van der Waals surface area contributed by atoms with Crippen LogP contribution >= 0.6 is 11.6 Å². The zero-order chi connectivity index (χ0) is 13.5. The van der Waals surface area contributed by atoms with Gasteiger partial charge in [-0.05, 0) is 12.1 Å². The number of nitrogens with zero attached hydrogens (tertiary/aromatic N) is 3. The van der Waals surface area contributed by atoms with Crippen LogP contribution in [0.4, 0.5) is 5.82 Å². The number of aromatic nitrogens is 2. The van der Waals surface area contributed by atoms with Crippen molar-refractivity contribution in [2.45, 2.75) is 12.8 Å². The standard InChI is InChI=1S/C9H9ClN4O4/c10-6-2-3-7(14-12-6)13-11-5(9(17)18)1-4-8(15)16/h2-3H,1,4H2,(H,13,14)(H,15,16)(H,17,18). The van der Waals surface area contributed by atoms with E-state index in [0.29, 0.717) is 0 Å². The highest BCUT2D eigenvalue weighted by Crippen LogP contribution is 2.06. The van der Waals surface area contributed by atoms with Crippen molar-refractivity contribution >= 4 is 35.1 Å². The maximum absolute atomic E-state index is 10.8. The maximum Gasteiger partial charge on any atom is 0.352 e. The van der Waals surface area contributed by atoms with Crippen LogP contribution in [-0.4, -0.2) is 38.1 Å². The molecule has 0 aliphatic carbocycles. The van der Waals surface area contributed by atoms with E-state index in [-0.39, 0.29) is 29.5 Å². The first-order chi connectivity index (χ1) is 8.49. The van der Waals surface area contributed by atoms with Gasteiger partial charge in [0.15, 0.2) is 11.0 Å². The summed E-state index contributed by atoms with van der Waals surface area (Å²) in [5.41, 5.74) is 2.05. The van der Waals surface area contributed by atoms with Gasteiger partial charge in [0, 0.05) is 6.42 Å². The number of hydrogen-bond acceptors (Lipinski definition) is 6. The highest BCUT2D eigenvalue weighted by atomic mass is 35.5. The van der Waals surface area contributed by atoms with Crippen molar-refractivity contribution in [3.8, 4) is 0 Å². The molecule has 8 nitrogen and oxygen atoms in total. The van der Waals surface area contributed by atoms with E-state index < -0.39 is 11.9 Å². The topological polar surface area (TPSA) is 125 Å². The van der Waals surface area contributed by atoms with Gasteiger partial charge in [0.1, 0.15) is 5.71 Å². The largest absolute Gasteiger partial charge is 0.481 e. The number of halogens is 1. The molecule has 0 fully saturated rings. The molecule has 0 unspecified atom stereocenters. The number of anilines is 1. The Hall–Kier alpha value is -2.22. The van der Waals surface area contributed by atoms with E-state index in [4.69, 9.17) is 21.8 Å². The van der Waals surface area contributed by atoms with E-state index in [0.717, 1.165) is 0 Å². The molecule has 0 amide bonds. The quantitative estimate of drug-likeness (QED) is 0.518. The lowest BCUT2D eigenvalue weighted by Gasteiger charge is -2.01. The summed E-state index contributed by atoms with van der Waals surface area (Å²) < 4.78 is 0. The fourth-order valence-electron chi connectivity index (χ4n) is 0.936. The minimum atomic E-state index is -1.30. The predicted molar refractivity (Wildman–Crippen MR) is 62.6 cm³/mol. The van der Waals surface area contributed by atoms with Crippen LogP contribution in [0.1, 0.15) is 12.8 Å². The third kappa shape index (κ3) is 4.74. The van der Waals surface area contributed by atoms with Gasteiger partial charge in [-0.2, -0.15) is 5.10 Å². The smallest absolute Gasteiger partial charge is 0.352 e. The van der Waals surface area contributed by atoms with Crippen molar-refractivity contribution in [2.24, 2.45) is 5.10 Å². The lowest BCUT2D eigenvalue weighted by molar-refractivity contribution is -0.136. The minimum Gasteiger partial charge on any atom is -0.481 e. The van der Waals surface area contributed by atoms with Crippen molar-refractivity contribution in [1.82, 2.24) is 10.2 Å². The molecule has 1 rings (SSSR count). The fourth-order valence-corrected chi connectivity index (χ4v) is 1.04. The molecule has 0 aliphatic heterocycles. The van der Waals surface area contributed by atoms with Gasteiger partial charge in [0.25, 0.3) is 0 Å². The summed E-state index contributed by atoms with van der Waals surface area (Å²) in [7, 11) is 0. The van der Waals surface area contributed by atoms with Gasteiger partial charge in [-0.1, -0.05) is 11.6 Å². The summed E-state index contributed by atoms with van der Waals surface area (Å²) in [5, 5.41) is 28.1. The molecule has 0 aromatic carbocycles. The van der Waals surface area contributed by atoms with Crippen LogP contribution < -0.4 is 5.43 Å². The second kappa shape index (κ2) is 6.50. The van der Waals surface area contributed by atoms with Crippen molar-refractivity contribution in [3.63, 3.8) is 0 Å². The normalized spacial score (nSPS) is 11.1. The Morgan fingerprint density at radius 1 is 1.28 bits per heavy atom. The monoisotopic (exact) mass is 272 g/mol. The van der Waals surface area contributed by atoms with Crippen LogP contribution in [0, 0.1) is 0 Å². The first-order valence-corrected chi connectivity index (χ1v) is 5.13. The average molecular weight is 273 g/mol. The number of nitrogens with one attached hydrogen (secondary N) is 1. The van der Waals surface area contributed by atoms with E-state index in [1.807, 2.05) is 0 Å². The molecule has 0 atom stereocenters. The van der Waals surface area contributed by atoms with Gasteiger partial charge in [0.05, 0.1) is 6.42 Å². The first-order valence-electron chi connectivity index (χ1n) is 4.76. The molecule has 3 N–H and O–H groups in total. The summed E-state index contributed by atoms with van der Waals surface area (Å²) in [4.78, 5) is 21.1. The van der Waals surface area contributed by atoms with E-state index >= 15 is 0 Å². The molecule has 1 aromatic rings. The first kappa shape index (κ1) is 13.8. The maximum atomic E-state index is 10.8. The van der Waals surface area contributed by atoms with Crippen LogP contribution in [0.3, 0.4) is 0 Å². The molecule has 0 saturated carbocycles. The van der Waals surface area contributed by atoms with E-state index in [9.17, 15) is 9.59 Å². The molecular formula is C9H9ClN4O4. The molecule has 0 radical (unpaired) electrons. The van der Waals surface area contributed by atoms with Gasteiger partial charge >= 0.3 is 11.9 Å². The summed E-state index contributed by atoms with van der Waals surface area (Å²) in [6.07, 6.45) is -0.516. The number of carboxylic acids is 2. The Labute approximate surface area is 106 Å². The number of carboxylic acid groups (broad SMARTS) is 2. The highest BCUT2D eigenvalue weighted by molar-refractivity contribution is 6.35. The second-order valence-corrected chi connectivity index (χ2v) is 3.50. The van der Waals surface area contributed by atoms with Crippen LogP contribution in [0.5, 0.6) is 0 Å². The molecule has 18 heavy (non-hydrogen) atoms. The lowest BCUT2D eigenvalue weighted by Crippen LogP contribution is -2.16. The molecule has 96 valence electrons.